The van der Waals surface area contributed by atoms with Crippen molar-refractivity contribution in [2.24, 2.45) is 17.6 Å². The highest BCUT2D eigenvalue weighted by Gasteiger charge is 2.33. The van der Waals surface area contributed by atoms with E-state index in [4.69, 9.17) is 10.5 Å². The van der Waals surface area contributed by atoms with E-state index in [-0.39, 0.29) is 17.9 Å². The Balaban J connectivity index is 2.71. The maximum Gasteiger partial charge on any atom is 0.226 e. The standard InChI is InChI=1S/C16H32N2O2/c1-5-14(6-2)18(9-10-20-4)16(19)13-8-7-12(3)15(17)11-13/h12-15H,5-11,17H2,1-4H3. The number of methoxy groups -OCH3 is 1. The summed E-state index contributed by atoms with van der Waals surface area (Å²) in [5, 5.41) is 0. The van der Waals surface area contributed by atoms with E-state index in [1.54, 1.807) is 7.11 Å². The smallest absolute Gasteiger partial charge is 0.226 e. The molecule has 0 heterocycles. The number of ether oxygens (including phenoxy) is 1. The van der Waals surface area contributed by atoms with Crippen LogP contribution in [0.4, 0.5) is 0 Å². The monoisotopic (exact) mass is 284 g/mol. The van der Waals surface area contributed by atoms with Crippen LogP contribution in [0, 0.1) is 11.8 Å². The van der Waals surface area contributed by atoms with Gasteiger partial charge in [-0.05, 0) is 38.0 Å². The van der Waals surface area contributed by atoms with E-state index in [1.807, 2.05) is 4.90 Å². The van der Waals surface area contributed by atoms with Crippen LogP contribution in [0.2, 0.25) is 0 Å². The van der Waals surface area contributed by atoms with Gasteiger partial charge in [0.1, 0.15) is 0 Å². The maximum atomic E-state index is 12.8. The molecule has 0 aliphatic heterocycles. The van der Waals surface area contributed by atoms with E-state index in [0.29, 0.717) is 25.1 Å². The van der Waals surface area contributed by atoms with Crippen LogP contribution in [-0.2, 0) is 9.53 Å². The van der Waals surface area contributed by atoms with Crippen molar-refractivity contribution in [1.29, 1.82) is 0 Å². The molecule has 0 aromatic heterocycles. The SMILES string of the molecule is CCC(CC)N(CCOC)C(=O)C1CCC(C)C(N)C1. The van der Waals surface area contributed by atoms with Crippen LogP contribution in [0.25, 0.3) is 0 Å². The fourth-order valence-corrected chi connectivity index (χ4v) is 3.21. The lowest BCUT2D eigenvalue weighted by Gasteiger charge is -2.37. The molecule has 1 aliphatic carbocycles. The Morgan fingerprint density at radius 1 is 1.35 bits per heavy atom. The lowest BCUT2D eigenvalue weighted by atomic mass is 9.79. The molecule has 3 atom stereocenters. The normalized spacial score (nSPS) is 26.8. The molecular formula is C16H32N2O2. The van der Waals surface area contributed by atoms with Crippen LogP contribution in [0.15, 0.2) is 0 Å². The lowest BCUT2D eigenvalue weighted by Crippen LogP contribution is -2.48. The summed E-state index contributed by atoms with van der Waals surface area (Å²) in [6.45, 7) is 7.79. The van der Waals surface area contributed by atoms with E-state index >= 15 is 0 Å². The molecule has 20 heavy (non-hydrogen) atoms. The molecule has 0 aromatic carbocycles. The molecule has 3 unspecified atom stereocenters. The molecule has 1 rings (SSSR count). The molecule has 0 bridgehead atoms. The summed E-state index contributed by atoms with van der Waals surface area (Å²) in [6, 6.07) is 0.497. The highest BCUT2D eigenvalue weighted by molar-refractivity contribution is 5.79. The van der Waals surface area contributed by atoms with Gasteiger partial charge in [-0.3, -0.25) is 4.79 Å². The Bertz CT molecular complexity index is 292. The number of carbonyl (C=O) groups is 1. The minimum absolute atomic E-state index is 0.110. The third-order valence-electron chi connectivity index (χ3n) is 4.81. The maximum absolute atomic E-state index is 12.8. The van der Waals surface area contributed by atoms with Gasteiger partial charge < -0.3 is 15.4 Å². The second-order valence-corrected chi connectivity index (χ2v) is 6.15. The molecule has 1 amide bonds. The second-order valence-electron chi connectivity index (χ2n) is 6.15. The van der Waals surface area contributed by atoms with Gasteiger partial charge in [0, 0.05) is 31.7 Å². The Kier molecular flexibility index (Phi) is 7.52. The molecule has 118 valence electrons. The second kappa shape index (κ2) is 8.63. The van der Waals surface area contributed by atoms with Crippen LogP contribution in [0.5, 0.6) is 0 Å². The zero-order valence-electron chi connectivity index (χ0n) is 13.6. The summed E-state index contributed by atoms with van der Waals surface area (Å²) in [4.78, 5) is 14.9. The molecular weight excluding hydrogens is 252 g/mol. The van der Waals surface area contributed by atoms with Gasteiger partial charge in [0.2, 0.25) is 5.91 Å². The van der Waals surface area contributed by atoms with Gasteiger partial charge in [0.15, 0.2) is 0 Å². The first-order chi connectivity index (χ1) is 9.54. The molecule has 0 radical (unpaired) electrons. The Labute approximate surface area is 124 Å². The molecule has 4 heteroatoms. The summed E-state index contributed by atoms with van der Waals surface area (Å²) in [5.41, 5.74) is 6.15. The number of hydrogen-bond acceptors (Lipinski definition) is 3. The Morgan fingerprint density at radius 2 is 2.00 bits per heavy atom. The summed E-state index contributed by atoms with van der Waals surface area (Å²) < 4.78 is 5.17. The van der Waals surface area contributed by atoms with Gasteiger partial charge in [-0.2, -0.15) is 0 Å². The first-order valence-electron chi connectivity index (χ1n) is 8.10. The van der Waals surface area contributed by atoms with Crippen LogP contribution >= 0.6 is 0 Å². The molecule has 1 saturated carbocycles. The lowest BCUT2D eigenvalue weighted by molar-refractivity contribution is -0.140. The van der Waals surface area contributed by atoms with Crippen molar-refractivity contribution in [3.05, 3.63) is 0 Å². The van der Waals surface area contributed by atoms with Crippen LogP contribution in [0.3, 0.4) is 0 Å². The highest BCUT2D eigenvalue weighted by Crippen LogP contribution is 2.30. The molecule has 1 aliphatic rings. The Hall–Kier alpha value is -0.610. The number of hydrogen-bond donors (Lipinski definition) is 1. The number of rotatable bonds is 7. The van der Waals surface area contributed by atoms with E-state index < -0.39 is 0 Å². The molecule has 0 spiro atoms. The van der Waals surface area contributed by atoms with Crippen molar-refractivity contribution >= 4 is 5.91 Å². The third-order valence-corrected chi connectivity index (χ3v) is 4.81. The summed E-state index contributed by atoms with van der Waals surface area (Å²) in [5.74, 6) is 0.941. The molecule has 2 N–H and O–H groups in total. The molecule has 0 aromatic rings. The topological polar surface area (TPSA) is 55.6 Å². The van der Waals surface area contributed by atoms with Crippen LogP contribution < -0.4 is 5.73 Å². The summed E-state index contributed by atoms with van der Waals surface area (Å²) >= 11 is 0. The average molecular weight is 284 g/mol. The number of nitrogens with two attached hydrogens (primary N) is 1. The number of amides is 1. The zero-order valence-corrected chi connectivity index (χ0v) is 13.6. The van der Waals surface area contributed by atoms with Crippen molar-refractivity contribution in [3.8, 4) is 0 Å². The minimum Gasteiger partial charge on any atom is -0.383 e. The first kappa shape index (κ1) is 17.4. The largest absolute Gasteiger partial charge is 0.383 e. The van der Waals surface area contributed by atoms with E-state index in [0.717, 1.165) is 32.1 Å². The third kappa shape index (κ3) is 4.45. The van der Waals surface area contributed by atoms with Gasteiger partial charge in [-0.15, -0.1) is 0 Å². The zero-order chi connectivity index (χ0) is 15.1. The predicted octanol–water partition coefficient (Wildman–Crippen LogP) is 2.41. The molecule has 4 nitrogen and oxygen atoms in total. The van der Waals surface area contributed by atoms with Crippen molar-refractivity contribution in [1.82, 2.24) is 4.90 Å². The van der Waals surface area contributed by atoms with Crippen LogP contribution in [0.1, 0.15) is 52.9 Å². The van der Waals surface area contributed by atoms with Gasteiger partial charge >= 0.3 is 0 Å². The summed E-state index contributed by atoms with van der Waals surface area (Å²) in [6.07, 6.45) is 4.89. The van der Waals surface area contributed by atoms with Crippen molar-refractivity contribution < 1.29 is 9.53 Å². The Morgan fingerprint density at radius 3 is 2.50 bits per heavy atom. The van der Waals surface area contributed by atoms with Gasteiger partial charge in [-0.25, -0.2) is 0 Å². The molecule has 0 saturated heterocycles. The molecule has 1 fully saturated rings. The van der Waals surface area contributed by atoms with Crippen molar-refractivity contribution in [2.75, 3.05) is 20.3 Å². The quantitative estimate of drug-likeness (QED) is 0.781. The van der Waals surface area contributed by atoms with Crippen LogP contribution in [-0.4, -0.2) is 43.2 Å². The number of nitrogens with zero attached hydrogens (tertiary/aromatic N) is 1. The van der Waals surface area contributed by atoms with Gasteiger partial charge in [0.05, 0.1) is 6.61 Å². The van der Waals surface area contributed by atoms with Gasteiger partial charge in [-0.1, -0.05) is 20.8 Å². The van der Waals surface area contributed by atoms with Gasteiger partial charge in [0.25, 0.3) is 0 Å². The highest BCUT2D eigenvalue weighted by atomic mass is 16.5. The average Bonchev–Trinajstić information content (AvgIpc) is 2.45. The first-order valence-corrected chi connectivity index (χ1v) is 8.10. The van der Waals surface area contributed by atoms with Crippen molar-refractivity contribution in [3.63, 3.8) is 0 Å². The fraction of sp³-hybridized carbons (Fsp3) is 0.938. The van der Waals surface area contributed by atoms with E-state index in [9.17, 15) is 4.79 Å². The summed E-state index contributed by atoms with van der Waals surface area (Å²) in [7, 11) is 1.69. The van der Waals surface area contributed by atoms with E-state index in [2.05, 4.69) is 20.8 Å². The fourth-order valence-electron chi connectivity index (χ4n) is 3.21. The number of carbonyl (C=O) groups excluding carboxylic acids is 1. The minimum atomic E-state index is 0.110. The van der Waals surface area contributed by atoms with E-state index in [1.165, 1.54) is 0 Å². The predicted molar refractivity (Wildman–Crippen MR) is 82.4 cm³/mol. The van der Waals surface area contributed by atoms with Crippen molar-refractivity contribution in [2.45, 2.75) is 65.0 Å².